The van der Waals surface area contributed by atoms with Crippen LogP contribution in [-0.2, 0) is 20.7 Å². The Balaban J connectivity index is 1.75. The Kier molecular flexibility index (Phi) is 6.74. The van der Waals surface area contributed by atoms with Crippen molar-refractivity contribution >= 4 is 29.3 Å². The van der Waals surface area contributed by atoms with Gasteiger partial charge in [-0.2, -0.15) is 8.78 Å². The fraction of sp³-hybridized carbons (Fsp3) is 0.176. The maximum absolute atomic E-state index is 12.2. The van der Waals surface area contributed by atoms with Gasteiger partial charge in [0.2, 0.25) is 0 Å². The zero-order valence-corrected chi connectivity index (χ0v) is 13.4. The molecule has 24 heavy (non-hydrogen) atoms. The Bertz CT molecular complexity index is 678. The number of anilines is 1. The monoisotopic (exact) mass is 351 g/mol. The van der Waals surface area contributed by atoms with Crippen molar-refractivity contribution in [3.63, 3.8) is 0 Å². The van der Waals surface area contributed by atoms with E-state index in [1.165, 1.54) is 24.3 Å². The van der Waals surface area contributed by atoms with E-state index in [2.05, 4.69) is 5.32 Å². The van der Waals surface area contributed by atoms with Gasteiger partial charge in [0.1, 0.15) is 0 Å². The summed E-state index contributed by atoms with van der Waals surface area (Å²) in [4.78, 5) is 23.8. The number of ether oxygens (including phenoxy) is 1. The van der Waals surface area contributed by atoms with E-state index in [0.717, 1.165) is 5.56 Å². The molecular weight excluding hydrogens is 336 g/mol. The third-order valence-electron chi connectivity index (χ3n) is 2.92. The number of hydrogen-bond acceptors (Lipinski definition) is 4. The van der Waals surface area contributed by atoms with Crippen LogP contribution in [0.1, 0.15) is 5.56 Å². The third-order valence-corrected chi connectivity index (χ3v) is 3.64. The molecule has 2 aromatic rings. The van der Waals surface area contributed by atoms with Crippen molar-refractivity contribution < 1.29 is 23.1 Å². The van der Waals surface area contributed by atoms with Crippen molar-refractivity contribution in [2.75, 3.05) is 11.9 Å². The SMILES string of the molecule is O=C(COC(=O)Cc1ccccc1)Nc1ccc(SC(F)F)cc1. The van der Waals surface area contributed by atoms with Crippen molar-refractivity contribution in [3.05, 3.63) is 60.2 Å². The smallest absolute Gasteiger partial charge is 0.310 e. The molecule has 0 radical (unpaired) electrons. The third kappa shape index (κ3) is 6.37. The van der Waals surface area contributed by atoms with E-state index < -0.39 is 24.2 Å². The van der Waals surface area contributed by atoms with Gasteiger partial charge >= 0.3 is 5.97 Å². The normalized spacial score (nSPS) is 10.5. The molecule has 1 amide bonds. The van der Waals surface area contributed by atoms with Gasteiger partial charge in [0, 0.05) is 10.6 Å². The minimum atomic E-state index is -2.49. The molecule has 7 heteroatoms. The molecule has 0 aromatic heterocycles. The van der Waals surface area contributed by atoms with Crippen molar-refractivity contribution in [3.8, 4) is 0 Å². The molecule has 0 spiro atoms. The van der Waals surface area contributed by atoms with Crippen LogP contribution >= 0.6 is 11.8 Å². The predicted octanol–water partition coefficient (Wildman–Crippen LogP) is 3.73. The number of carbonyl (C=O) groups is 2. The van der Waals surface area contributed by atoms with Gasteiger partial charge in [-0.15, -0.1) is 0 Å². The topological polar surface area (TPSA) is 55.4 Å². The summed E-state index contributed by atoms with van der Waals surface area (Å²) in [5.74, 6) is -3.49. The van der Waals surface area contributed by atoms with Gasteiger partial charge < -0.3 is 10.1 Å². The summed E-state index contributed by atoms with van der Waals surface area (Å²) in [7, 11) is 0. The molecule has 2 rings (SSSR count). The van der Waals surface area contributed by atoms with Crippen LogP contribution in [0.5, 0.6) is 0 Å². The Labute approximate surface area is 142 Å². The van der Waals surface area contributed by atoms with E-state index in [1.54, 1.807) is 12.1 Å². The summed E-state index contributed by atoms with van der Waals surface area (Å²) in [6, 6.07) is 15.0. The Hall–Kier alpha value is -2.41. The van der Waals surface area contributed by atoms with E-state index in [4.69, 9.17) is 4.74 Å². The Morgan fingerprint density at radius 3 is 2.33 bits per heavy atom. The van der Waals surface area contributed by atoms with Gasteiger partial charge in [0.15, 0.2) is 6.61 Å². The highest BCUT2D eigenvalue weighted by molar-refractivity contribution is 7.99. The second-order valence-electron chi connectivity index (χ2n) is 4.77. The summed E-state index contributed by atoms with van der Waals surface area (Å²) in [5.41, 5.74) is 1.24. The number of hydrogen-bond donors (Lipinski definition) is 1. The number of carbonyl (C=O) groups excluding carboxylic acids is 2. The van der Waals surface area contributed by atoms with Crippen LogP contribution in [-0.4, -0.2) is 24.2 Å². The van der Waals surface area contributed by atoms with E-state index in [0.29, 0.717) is 22.3 Å². The Morgan fingerprint density at radius 2 is 1.71 bits per heavy atom. The molecular formula is C17H15F2NO3S. The number of halogens is 2. The van der Waals surface area contributed by atoms with Gasteiger partial charge in [0.05, 0.1) is 6.42 Å². The molecule has 4 nitrogen and oxygen atoms in total. The maximum atomic E-state index is 12.2. The first kappa shape index (κ1) is 17.9. The van der Waals surface area contributed by atoms with Gasteiger partial charge in [-0.05, 0) is 29.8 Å². The number of thioether (sulfide) groups is 1. The van der Waals surface area contributed by atoms with Gasteiger partial charge in [-0.25, -0.2) is 0 Å². The van der Waals surface area contributed by atoms with Crippen LogP contribution in [0.15, 0.2) is 59.5 Å². The molecule has 2 aromatic carbocycles. The number of alkyl halides is 2. The van der Waals surface area contributed by atoms with Gasteiger partial charge in [0.25, 0.3) is 11.7 Å². The summed E-state index contributed by atoms with van der Waals surface area (Å²) in [6.45, 7) is -0.404. The molecule has 1 N–H and O–H groups in total. The number of esters is 1. The lowest BCUT2D eigenvalue weighted by molar-refractivity contribution is -0.146. The summed E-state index contributed by atoms with van der Waals surface area (Å²) in [5, 5.41) is 2.53. The summed E-state index contributed by atoms with van der Waals surface area (Å²) >= 11 is 0.426. The van der Waals surface area contributed by atoms with Crippen LogP contribution in [0.25, 0.3) is 0 Å². The van der Waals surface area contributed by atoms with E-state index in [1.807, 2.05) is 18.2 Å². The quantitative estimate of drug-likeness (QED) is 0.610. The van der Waals surface area contributed by atoms with Crippen LogP contribution in [0.3, 0.4) is 0 Å². The van der Waals surface area contributed by atoms with E-state index in [9.17, 15) is 18.4 Å². The summed E-state index contributed by atoms with van der Waals surface area (Å²) < 4.78 is 29.3. The van der Waals surface area contributed by atoms with Crippen molar-refractivity contribution in [1.29, 1.82) is 0 Å². The average Bonchev–Trinajstić information content (AvgIpc) is 2.55. The number of nitrogens with one attached hydrogen (secondary N) is 1. The number of rotatable bonds is 7. The molecule has 0 saturated heterocycles. The standard InChI is InChI=1S/C17H15F2NO3S/c18-17(19)24-14-8-6-13(7-9-14)20-15(21)11-23-16(22)10-12-4-2-1-3-5-12/h1-9,17H,10-11H2,(H,20,21). The average molecular weight is 351 g/mol. The maximum Gasteiger partial charge on any atom is 0.310 e. The predicted molar refractivity (Wildman–Crippen MR) is 88.0 cm³/mol. The molecule has 0 saturated carbocycles. The lowest BCUT2D eigenvalue weighted by atomic mass is 10.2. The number of amides is 1. The lowest BCUT2D eigenvalue weighted by Gasteiger charge is -2.07. The molecule has 0 atom stereocenters. The van der Waals surface area contributed by atoms with Crippen molar-refractivity contribution in [1.82, 2.24) is 0 Å². The molecule has 0 bridgehead atoms. The zero-order chi connectivity index (χ0) is 17.4. The van der Waals surface area contributed by atoms with Crippen LogP contribution in [0.2, 0.25) is 0 Å². The number of benzene rings is 2. The minimum Gasteiger partial charge on any atom is -0.455 e. The molecule has 126 valence electrons. The fourth-order valence-electron chi connectivity index (χ4n) is 1.88. The van der Waals surface area contributed by atoms with Crippen molar-refractivity contribution in [2.24, 2.45) is 0 Å². The molecule has 0 unspecified atom stereocenters. The highest BCUT2D eigenvalue weighted by Crippen LogP contribution is 2.26. The van der Waals surface area contributed by atoms with Crippen LogP contribution < -0.4 is 5.32 Å². The fourth-order valence-corrected chi connectivity index (χ4v) is 2.38. The second-order valence-corrected chi connectivity index (χ2v) is 5.84. The molecule has 0 fully saturated rings. The van der Waals surface area contributed by atoms with E-state index >= 15 is 0 Å². The lowest BCUT2D eigenvalue weighted by Crippen LogP contribution is -2.21. The summed E-state index contributed by atoms with van der Waals surface area (Å²) in [6.07, 6.45) is 0.0909. The van der Waals surface area contributed by atoms with Gasteiger partial charge in [-0.1, -0.05) is 42.1 Å². The first-order valence-electron chi connectivity index (χ1n) is 7.07. The molecule has 0 aliphatic carbocycles. The first-order chi connectivity index (χ1) is 11.5. The highest BCUT2D eigenvalue weighted by atomic mass is 32.2. The highest BCUT2D eigenvalue weighted by Gasteiger charge is 2.09. The molecule has 0 aliphatic heterocycles. The first-order valence-corrected chi connectivity index (χ1v) is 7.95. The van der Waals surface area contributed by atoms with Crippen LogP contribution in [0.4, 0.5) is 14.5 Å². The van der Waals surface area contributed by atoms with Crippen molar-refractivity contribution in [2.45, 2.75) is 17.1 Å². The Morgan fingerprint density at radius 1 is 1.04 bits per heavy atom. The second kappa shape index (κ2) is 9.02. The minimum absolute atomic E-state index is 0.0909. The molecule has 0 aliphatic rings. The van der Waals surface area contributed by atoms with Gasteiger partial charge in [-0.3, -0.25) is 9.59 Å². The van der Waals surface area contributed by atoms with E-state index in [-0.39, 0.29) is 6.42 Å². The molecule has 0 heterocycles. The zero-order valence-electron chi connectivity index (χ0n) is 12.6. The van der Waals surface area contributed by atoms with Crippen LogP contribution in [0, 0.1) is 0 Å². The largest absolute Gasteiger partial charge is 0.455 e.